The maximum absolute atomic E-state index is 6.53. The molecule has 1 aliphatic rings. The van der Waals surface area contributed by atoms with Crippen LogP contribution in [0, 0.1) is 0 Å². The second-order valence-electron chi connectivity index (χ2n) is 4.50. The highest BCUT2D eigenvalue weighted by Gasteiger charge is 2.21. The molecule has 0 fully saturated rings. The molecule has 0 radical (unpaired) electrons. The molecule has 4 heteroatoms. The lowest BCUT2D eigenvalue weighted by molar-refractivity contribution is 0.254. The van der Waals surface area contributed by atoms with Gasteiger partial charge in [-0.05, 0) is 52.2 Å². The van der Waals surface area contributed by atoms with Crippen molar-refractivity contribution in [1.29, 1.82) is 0 Å². The maximum atomic E-state index is 6.53. The first-order chi connectivity index (χ1) is 8.63. The van der Waals surface area contributed by atoms with Gasteiger partial charge in [0, 0.05) is 11.3 Å². The quantitative estimate of drug-likeness (QED) is 0.684. The number of halogens is 2. The van der Waals surface area contributed by atoms with E-state index in [4.69, 9.17) is 16.3 Å². The summed E-state index contributed by atoms with van der Waals surface area (Å²) in [5, 5.41) is -0.0810. The lowest BCUT2D eigenvalue weighted by atomic mass is 10.0. The number of alkyl halides is 1. The summed E-state index contributed by atoms with van der Waals surface area (Å²) in [6.45, 7) is 2.09. The summed E-state index contributed by atoms with van der Waals surface area (Å²) in [4.78, 5) is 1.16. The molecule has 0 saturated heterocycles. The molecule has 1 aromatic carbocycles. The zero-order valence-corrected chi connectivity index (χ0v) is 13.0. The van der Waals surface area contributed by atoms with Crippen LogP contribution < -0.4 is 4.74 Å². The molecule has 3 rings (SSSR count). The molecule has 1 aliphatic heterocycles. The van der Waals surface area contributed by atoms with E-state index in [0.29, 0.717) is 0 Å². The van der Waals surface area contributed by atoms with Crippen molar-refractivity contribution in [2.75, 3.05) is 0 Å². The Balaban J connectivity index is 1.91. The zero-order chi connectivity index (χ0) is 12.7. The van der Waals surface area contributed by atoms with Gasteiger partial charge in [-0.15, -0.1) is 22.9 Å². The minimum Gasteiger partial charge on any atom is -0.490 e. The van der Waals surface area contributed by atoms with Crippen molar-refractivity contribution in [1.82, 2.24) is 0 Å². The Kier molecular flexibility index (Phi) is 3.39. The van der Waals surface area contributed by atoms with Gasteiger partial charge in [0.2, 0.25) is 0 Å². The molecule has 2 unspecified atom stereocenters. The van der Waals surface area contributed by atoms with Crippen LogP contribution in [0.2, 0.25) is 0 Å². The fraction of sp³-hybridized carbons (Fsp3) is 0.286. The molecule has 94 valence electrons. The highest BCUT2D eigenvalue weighted by molar-refractivity contribution is 9.11. The van der Waals surface area contributed by atoms with Crippen LogP contribution in [-0.4, -0.2) is 6.10 Å². The molecule has 2 heterocycles. The van der Waals surface area contributed by atoms with Gasteiger partial charge in [-0.3, -0.25) is 0 Å². The predicted octanol–water partition coefficient (Wildman–Crippen LogP) is 5.16. The minimum absolute atomic E-state index is 0.0810. The van der Waals surface area contributed by atoms with E-state index in [2.05, 4.69) is 41.1 Å². The lowest BCUT2D eigenvalue weighted by Gasteiger charge is -2.09. The van der Waals surface area contributed by atoms with Gasteiger partial charge in [0.15, 0.2) is 0 Å². The Morgan fingerprint density at radius 1 is 1.39 bits per heavy atom. The summed E-state index contributed by atoms with van der Waals surface area (Å²) in [6, 6.07) is 10.4. The average Bonchev–Trinajstić information content (AvgIpc) is 2.92. The van der Waals surface area contributed by atoms with E-state index in [1.165, 1.54) is 5.56 Å². The number of ether oxygens (including phenoxy) is 1. The van der Waals surface area contributed by atoms with E-state index in [9.17, 15) is 0 Å². The number of rotatable bonds is 2. The van der Waals surface area contributed by atoms with Crippen LogP contribution in [0.1, 0.15) is 28.3 Å². The van der Waals surface area contributed by atoms with Crippen molar-refractivity contribution in [2.24, 2.45) is 0 Å². The van der Waals surface area contributed by atoms with Crippen molar-refractivity contribution in [3.05, 3.63) is 50.1 Å². The Morgan fingerprint density at radius 2 is 2.22 bits per heavy atom. The molecular weight excluding hydrogens is 332 g/mol. The second kappa shape index (κ2) is 4.87. The lowest BCUT2D eigenvalue weighted by Crippen LogP contribution is -2.05. The van der Waals surface area contributed by atoms with Crippen LogP contribution in [0.5, 0.6) is 5.75 Å². The molecule has 0 bridgehead atoms. The van der Waals surface area contributed by atoms with Gasteiger partial charge in [0.25, 0.3) is 0 Å². The van der Waals surface area contributed by atoms with E-state index in [-0.39, 0.29) is 11.5 Å². The zero-order valence-electron chi connectivity index (χ0n) is 9.82. The smallest absolute Gasteiger partial charge is 0.123 e. The number of thiophene rings is 1. The van der Waals surface area contributed by atoms with Crippen molar-refractivity contribution in [3.8, 4) is 5.75 Å². The van der Waals surface area contributed by atoms with E-state index in [0.717, 1.165) is 26.4 Å². The SMILES string of the molecule is CC1Cc2cc(C(Cl)c3ccc(Br)s3)ccc2O1. The van der Waals surface area contributed by atoms with Crippen LogP contribution in [0.25, 0.3) is 0 Å². The van der Waals surface area contributed by atoms with E-state index < -0.39 is 0 Å². The van der Waals surface area contributed by atoms with E-state index in [1.807, 2.05) is 12.1 Å². The highest BCUT2D eigenvalue weighted by Crippen LogP contribution is 2.38. The van der Waals surface area contributed by atoms with E-state index in [1.54, 1.807) is 11.3 Å². The van der Waals surface area contributed by atoms with Crippen LogP contribution in [-0.2, 0) is 6.42 Å². The van der Waals surface area contributed by atoms with Crippen molar-refractivity contribution < 1.29 is 4.74 Å². The Labute approximate surface area is 124 Å². The van der Waals surface area contributed by atoms with Crippen LogP contribution in [0.3, 0.4) is 0 Å². The summed E-state index contributed by atoms with van der Waals surface area (Å²) in [5.74, 6) is 1.00. The molecule has 2 aromatic rings. The summed E-state index contributed by atoms with van der Waals surface area (Å²) < 4.78 is 6.82. The molecule has 18 heavy (non-hydrogen) atoms. The van der Waals surface area contributed by atoms with Crippen LogP contribution in [0.15, 0.2) is 34.1 Å². The van der Waals surface area contributed by atoms with Crippen molar-refractivity contribution >= 4 is 38.9 Å². The summed E-state index contributed by atoms with van der Waals surface area (Å²) in [7, 11) is 0. The Bertz CT molecular complexity index is 581. The summed E-state index contributed by atoms with van der Waals surface area (Å²) >= 11 is 11.7. The summed E-state index contributed by atoms with van der Waals surface area (Å²) in [5.41, 5.74) is 2.41. The van der Waals surface area contributed by atoms with Crippen LogP contribution in [0.4, 0.5) is 0 Å². The third-order valence-electron chi connectivity index (χ3n) is 3.06. The molecule has 2 atom stereocenters. The first kappa shape index (κ1) is 12.5. The van der Waals surface area contributed by atoms with Gasteiger partial charge in [-0.2, -0.15) is 0 Å². The van der Waals surface area contributed by atoms with Gasteiger partial charge in [0.05, 0.1) is 9.16 Å². The predicted molar refractivity (Wildman–Crippen MR) is 80.0 cm³/mol. The van der Waals surface area contributed by atoms with Gasteiger partial charge in [-0.25, -0.2) is 0 Å². The molecule has 0 aliphatic carbocycles. The Morgan fingerprint density at radius 3 is 2.94 bits per heavy atom. The number of hydrogen-bond acceptors (Lipinski definition) is 2. The molecule has 0 spiro atoms. The fourth-order valence-electron chi connectivity index (χ4n) is 2.23. The van der Waals surface area contributed by atoms with Crippen molar-refractivity contribution in [3.63, 3.8) is 0 Å². The van der Waals surface area contributed by atoms with Gasteiger partial charge in [0.1, 0.15) is 11.9 Å². The topological polar surface area (TPSA) is 9.23 Å². The number of hydrogen-bond donors (Lipinski definition) is 0. The Hall–Kier alpha value is -0.510. The fourth-order valence-corrected chi connectivity index (χ4v) is 4.00. The van der Waals surface area contributed by atoms with Gasteiger partial charge < -0.3 is 4.74 Å². The minimum atomic E-state index is -0.0810. The van der Waals surface area contributed by atoms with Gasteiger partial charge >= 0.3 is 0 Å². The highest BCUT2D eigenvalue weighted by atomic mass is 79.9. The van der Waals surface area contributed by atoms with Gasteiger partial charge in [-0.1, -0.05) is 12.1 Å². The molecule has 0 saturated carbocycles. The molecular formula is C14H12BrClOS. The molecule has 1 nitrogen and oxygen atoms in total. The normalized spacial score (nSPS) is 19.4. The molecule has 1 aromatic heterocycles. The second-order valence-corrected chi connectivity index (χ2v) is 7.44. The molecule has 0 amide bonds. The third kappa shape index (κ3) is 2.31. The number of fused-ring (bicyclic) bond motifs is 1. The average molecular weight is 344 g/mol. The first-order valence-corrected chi connectivity index (χ1v) is 7.87. The molecule has 0 N–H and O–H groups in total. The van der Waals surface area contributed by atoms with Crippen LogP contribution >= 0.6 is 38.9 Å². The largest absolute Gasteiger partial charge is 0.490 e. The third-order valence-corrected chi connectivity index (χ3v) is 5.36. The first-order valence-electron chi connectivity index (χ1n) is 5.82. The maximum Gasteiger partial charge on any atom is 0.123 e. The summed E-state index contributed by atoms with van der Waals surface area (Å²) in [6.07, 6.45) is 1.25. The van der Waals surface area contributed by atoms with Crippen molar-refractivity contribution in [2.45, 2.75) is 24.8 Å². The van der Waals surface area contributed by atoms with E-state index >= 15 is 0 Å². The monoisotopic (exact) mass is 342 g/mol. The number of benzene rings is 1. The standard InChI is InChI=1S/C14H12BrClOS/c1-8-6-10-7-9(2-3-11(10)17-8)14(16)12-4-5-13(15)18-12/h2-5,7-8,14H,6H2,1H3.